The number of aliphatic hydroxyl groups is 2. The van der Waals surface area contributed by atoms with Gasteiger partial charge in [0.25, 0.3) is 0 Å². The fraction of sp³-hybridized carbons (Fsp3) is 0.444. The van der Waals surface area contributed by atoms with E-state index in [1.54, 1.807) is 6.20 Å². The van der Waals surface area contributed by atoms with Crippen molar-refractivity contribution in [2.75, 3.05) is 36.1 Å². The molecule has 0 aliphatic heterocycles. The molecule has 4 aromatic rings. The molecule has 1 unspecified atom stereocenters. The third kappa shape index (κ3) is 6.31. The molecule has 0 aromatic carbocycles. The highest BCUT2D eigenvalue weighted by atomic mass is 32.2. The number of hydrogen-bond acceptors (Lipinski definition) is 13. The summed E-state index contributed by atoms with van der Waals surface area (Å²) < 4.78 is 32.4. The first-order valence-corrected chi connectivity index (χ1v) is 15.8. The van der Waals surface area contributed by atoms with E-state index in [0.29, 0.717) is 47.8 Å². The third-order valence-electron chi connectivity index (χ3n) is 7.09. The monoisotopic (exact) mass is 599 g/mol. The number of ether oxygens (including phenoxy) is 1. The minimum atomic E-state index is -3.70. The second kappa shape index (κ2) is 12.3. The number of pyridine rings is 2. The van der Waals surface area contributed by atoms with Crippen LogP contribution in [0, 0.1) is 19.8 Å². The van der Waals surface area contributed by atoms with E-state index in [-0.39, 0.29) is 17.1 Å². The Labute approximate surface area is 242 Å². The van der Waals surface area contributed by atoms with Crippen LogP contribution in [-0.2, 0) is 14.6 Å². The summed E-state index contributed by atoms with van der Waals surface area (Å²) in [6.45, 7) is 7.25. The van der Waals surface area contributed by atoms with E-state index in [1.165, 1.54) is 35.9 Å². The first kappa shape index (κ1) is 29.2. The van der Waals surface area contributed by atoms with E-state index in [2.05, 4.69) is 25.6 Å². The molecule has 1 aliphatic rings. The van der Waals surface area contributed by atoms with E-state index in [0.717, 1.165) is 15.9 Å². The fourth-order valence-electron chi connectivity index (χ4n) is 5.01. The van der Waals surface area contributed by atoms with Crippen LogP contribution in [0.15, 0.2) is 41.7 Å². The highest BCUT2D eigenvalue weighted by Crippen LogP contribution is 2.39. The van der Waals surface area contributed by atoms with E-state index < -0.39 is 34.0 Å². The maximum atomic E-state index is 13.0. The summed E-state index contributed by atoms with van der Waals surface area (Å²) in [5.41, 5.74) is 2.92. The second-order valence-corrected chi connectivity index (χ2v) is 13.0. The number of anilines is 2. The molecule has 14 heteroatoms. The number of sulfone groups is 1. The normalized spacial score (nSPS) is 20.9. The van der Waals surface area contributed by atoms with Gasteiger partial charge in [-0.1, -0.05) is 0 Å². The Hall–Kier alpha value is -3.30. The SMILES string of the molecule is CCOCCNc1nc(C)c(-c2nc3c(C)nccc3s2)c(NC2C[C@H](CS(=O)(=O)c3ccncc3)[C@@H](O)[C@H]2O)n1. The number of hydrogen-bond donors (Lipinski definition) is 4. The maximum Gasteiger partial charge on any atom is 0.224 e. The summed E-state index contributed by atoms with van der Waals surface area (Å²) in [6, 6.07) is 4.09. The lowest BCUT2D eigenvalue weighted by atomic mass is 10.1. The molecular weight excluding hydrogens is 566 g/mol. The largest absolute Gasteiger partial charge is 0.390 e. The van der Waals surface area contributed by atoms with Crippen LogP contribution in [0.3, 0.4) is 0 Å². The lowest BCUT2D eigenvalue weighted by molar-refractivity contribution is 0.0216. The molecule has 41 heavy (non-hydrogen) atoms. The zero-order valence-electron chi connectivity index (χ0n) is 23.0. The molecule has 4 heterocycles. The summed E-state index contributed by atoms with van der Waals surface area (Å²) in [5, 5.41) is 29.0. The third-order valence-corrected chi connectivity index (χ3v) is 9.99. The Morgan fingerprint density at radius 3 is 2.56 bits per heavy atom. The molecule has 4 atom stereocenters. The van der Waals surface area contributed by atoms with Crippen molar-refractivity contribution in [3.05, 3.63) is 48.2 Å². The lowest BCUT2D eigenvalue weighted by Crippen LogP contribution is -2.36. The molecule has 0 amide bonds. The number of nitrogens with zero attached hydrogens (tertiary/aromatic N) is 5. The van der Waals surface area contributed by atoms with Gasteiger partial charge >= 0.3 is 0 Å². The molecule has 0 bridgehead atoms. The smallest absolute Gasteiger partial charge is 0.224 e. The van der Waals surface area contributed by atoms with Gasteiger partial charge in [0, 0.05) is 37.7 Å². The van der Waals surface area contributed by atoms with Crippen molar-refractivity contribution in [3.8, 4) is 10.6 Å². The zero-order valence-corrected chi connectivity index (χ0v) is 24.6. The van der Waals surface area contributed by atoms with Crippen molar-refractivity contribution in [1.82, 2.24) is 24.9 Å². The van der Waals surface area contributed by atoms with Crippen LogP contribution in [0.1, 0.15) is 24.7 Å². The maximum absolute atomic E-state index is 13.0. The molecule has 5 rings (SSSR count). The molecular formula is C27H33N7O5S2. The van der Waals surface area contributed by atoms with Gasteiger partial charge in [-0.25, -0.2) is 18.4 Å². The van der Waals surface area contributed by atoms with Crippen LogP contribution in [0.25, 0.3) is 20.8 Å². The van der Waals surface area contributed by atoms with Gasteiger partial charge in [0.2, 0.25) is 5.95 Å². The minimum absolute atomic E-state index is 0.127. The van der Waals surface area contributed by atoms with Gasteiger partial charge in [-0.2, -0.15) is 4.98 Å². The van der Waals surface area contributed by atoms with Crippen molar-refractivity contribution in [1.29, 1.82) is 0 Å². The summed E-state index contributed by atoms with van der Waals surface area (Å²) in [7, 11) is -3.70. The van der Waals surface area contributed by atoms with Crippen molar-refractivity contribution in [2.45, 2.75) is 50.3 Å². The zero-order chi connectivity index (χ0) is 29.1. The summed E-state index contributed by atoms with van der Waals surface area (Å²) in [5.74, 6) is -0.198. The lowest BCUT2D eigenvalue weighted by Gasteiger charge is -2.21. The van der Waals surface area contributed by atoms with Crippen LogP contribution in [-0.4, -0.2) is 87.3 Å². The number of aromatic nitrogens is 5. The average Bonchev–Trinajstić information content (AvgIpc) is 3.49. The van der Waals surface area contributed by atoms with Crippen LogP contribution in [0.4, 0.5) is 11.8 Å². The molecule has 0 spiro atoms. The van der Waals surface area contributed by atoms with Gasteiger partial charge in [-0.3, -0.25) is 9.97 Å². The molecule has 12 nitrogen and oxygen atoms in total. The van der Waals surface area contributed by atoms with E-state index in [1.807, 2.05) is 26.8 Å². The number of aliphatic hydroxyl groups excluding tert-OH is 2. The van der Waals surface area contributed by atoms with Crippen LogP contribution >= 0.6 is 11.3 Å². The Morgan fingerprint density at radius 1 is 1.05 bits per heavy atom. The Kier molecular flexibility index (Phi) is 8.75. The number of rotatable bonds is 11. The fourth-order valence-corrected chi connectivity index (χ4v) is 7.75. The Bertz CT molecular complexity index is 1620. The van der Waals surface area contributed by atoms with E-state index in [9.17, 15) is 18.6 Å². The first-order valence-electron chi connectivity index (χ1n) is 13.4. The predicted octanol–water partition coefficient (Wildman–Crippen LogP) is 2.60. The van der Waals surface area contributed by atoms with Crippen molar-refractivity contribution < 1.29 is 23.4 Å². The molecule has 1 saturated carbocycles. The molecule has 0 radical (unpaired) electrons. The standard InChI is InChI=1S/C27H33N7O5S2/c1-4-39-12-11-30-27-31-15(2)21(26-33-22-16(3)29-10-7-20(22)40-26)25(34-27)32-19-13-17(23(35)24(19)36)14-41(37,38)18-5-8-28-9-6-18/h5-10,17,19,23-24,35-36H,4,11-14H2,1-3H3,(H2,30,31,32,34)/t17-,19?,23-,24+/m1/s1. The second-order valence-electron chi connectivity index (χ2n) is 9.93. The average molecular weight is 600 g/mol. The molecule has 218 valence electrons. The van der Waals surface area contributed by atoms with Crippen molar-refractivity contribution >= 4 is 43.2 Å². The van der Waals surface area contributed by atoms with Gasteiger partial charge in [-0.05, 0) is 45.4 Å². The highest BCUT2D eigenvalue weighted by molar-refractivity contribution is 7.91. The van der Waals surface area contributed by atoms with E-state index in [4.69, 9.17) is 14.7 Å². The summed E-state index contributed by atoms with van der Waals surface area (Å²) in [6.07, 6.45) is 2.32. The summed E-state index contributed by atoms with van der Waals surface area (Å²) in [4.78, 5) is 22.5. The quantitative estimate of drug-likeness (QED) is 0.186. The van der Waals surface area contributed by atoms with Crippen LogP contribution < -0.4 is 10.6 Å². The van der Waals surface area contributed by atoms with Gasteiger partial charge in [-0.15, -0.1) is 11.3 Å². The molecule has 0 saturated heterocycles. The highest BCUT2D eigenvalue weighted by Gasteiger charge is 2.44. The van der Waals surface area contributed by atoms with Crippen LogP contribution in [0.5, 0.6) is 0 Å². The van der Waals surface area contributed by atoms with E-state index >= 15 is 0 Å². The first-order chi connectivity index (χ1) is 19.7. The number of nitrogens with one attached hydrogen (secondary N) is 2. The van der Waals surface area contributed by atoms with Crippen LogP contribution in [0.2, 0.25) is 0 Å². The van der Waals surface area contributed by atoms with Gasteiger partial charge in [0.05, 0.1) is 51.1 Å². The Morgan fingerprint density at radius 2 is 1.83 bits per heavy atom. The van der Waals surface area contributed by atoms with Gasteiger partial charge in [0.15, 0.2) is 9.84 Å². The molecule has 1 aliphatic carbocycles. The Balaban J connectivity index is 1.45. The molecule has 4 aromatic heterocycles. The minimum Gasteiger partial charge on any atom is -0.390 e. The predicted molar refractivity (Wildman–Crippen MR) is 157 cm³/mol. The summed E-state index contributed by atoms with van der Waals surface area (Å²) >= 11 is 1.48. The van der Waals surface area contributed by atoms with Gasteiger partial charge in [0.1, 0.15) is 22.4 Å². The number of aryl methyl sites for hydroxylation is 2. The van der Waals surface area contributed by atoms with Crippen molar-refractivity contribution in [2.24, 2.45) is 5.92 Å². The number of thiazole rings is 1. The number of fused-ring (bicyclic) bond motifs is 1. The van der Waals surface area contributed by atoms with Gasteiger partial charge < -0.3 is 25.6 Å². The molecule has 4 N–H and O–H groups in total. The molecule has 1 fully saturated rings. The topological polar surface area (TPSA) is 172 Å². The van der Waals surface area contributed by atoms with Crippen molar-refractivity contribution in [3.63, 3.8) is 0 Å².